The Balaban J connectivity index is 0. The van der Waals surface area contributed by atoms with Crippen molar-refractivity contribution in [2.45, 2.75) is 20.3 Å². The van der Waals surface area contributed by atoms with Crippen molar-refractivity contribution >= 4 is 6.79 Å². The molecule has 0 saturated heterocycles. The molecule has 1 rings (SSSR count). The molecule has 0 aliphatic heterocycles. The van der Waals surface area contributed by atoms with E-state index in [9.17, 15) is 0 Å². The Morgan fingerprint density at radius 1 is 1.15 bits per heavy atom. The van der Waals surface area contributed by atoms with E-state index in [0.29, 0.717) is 0 Å². The lowest BCUT2D eigenvalue weighted by Crippen LogP contribution is -1.97. The number of hydrogen-bond donors (Lipinski definition) is 0. The Labute approximate surface area is 80.2 Å². The van der Waals surface area contributed by atoms with Gasteiger partial charge in [-0.25, -0.2) is 0 Å². The molecular weight excluding hydrogens is 164 g/mol. The molecule has 0 aliphatic carbocycles. The predicted octanol–water partition coefficient (Wildman–Crippen LogP) is 1.43. The highest BCUT2D eigenvalue weighted by atomic mass is 16.2. The number of carbonyl (C=O) groups excluding carboxylic acids is 1. The van der Waals surface area contributed by atoms with E-state index >= 15 is 0 Å². The van der Waals surface area contributed by atoms with Gasteiger partial charge in [0.25, 0.3) is 0 Å². The third-order valence-corrected chi connectivity index (χ3v) is 1.25. The molecule has 2 nitrogen and oxygen atoms in total. The fourth-order valence-electron chi connectivity index (χ4n) is 0.714. The second-order valence-electron chi connectivity index (χ2n) is 2.13. The molecule has 0 bridgehead atoms. The van der Waals surface area contributed by atoms with E-state index in [2.05, 4.69) is 31.2 Å². The zero-order valence-electron chi connectivity index (χ0n) is 8.32. The maximum atomic E-state index is 8.93. The average molecular weight is 181 g/mol. The molecule has 1 aromatic rings. The molecule has 0 aromatic heterocycles. The highest BCUT2D eigenvalue weighted by Gasteiger charge is 1.79. The summed E-state index contributed by atoms with van der Waals surface area (Å²) in [5, 5.41) is 8.93. The lowest BCUT2D eigenvalue weighted by molar-refractivity contribution is -0.361. The van der Waals surface area contributed by atoms with Crippen LogP contribution in [0.4, 0.5) is 0 Å². The molecule has 0 fully saturated rings. The number of rotatable bonds is 1. The van der Waals surface area contributed by atoms with Crippen LogP contribution < -0.4 is 5.11 Å². The fourth-order valence-corrected chi connectivity index (χ4v) is 0.714. The molecule has 0 heterocycles. The Bertz CT molecular complexity index is 173. The maximum absolute atomic E-state index is 8.93. The minimum atomic E-state index is 0. The van der Waals surface area contributed by atoms with E-state index < -0.39 is 0 Å². The minimum Gasteiger partial charge on any atom is -0.855 e. The number of aryl methyl sites for hydroxylation is 1. The second kappa shape index (κ2) is 13.4. The first kappa shape index (κ1) is 14.4. The molecule has 74 valence electrons. The van der Waals surface area contributed by atoms with Gasteiger partial charge in [0.05, 0.1) is 0 Å². The molecule has 13 heavy (non-hydrogen) atoms. The highest BCUT2D eigenvalue weighted by Crippen LogP contribution is 1.96. The van der Waals surface area contributed by atoms with Gasteiger partial charge in [0, 0.05) is 0 Å². The van der Waals surface area contributed by atoms with Gasteiger partial charge in [-0.3, -0.25) is 0 Å². The molecular formula is C11H17O2-. The van der Waals surface area contributed by atoms with E-state index in [1.165, 1.54) is 5.56 Å². The van der Waals surface area contributed by atoms with Crippen molar-refractivity contribution in [2.75, 3.05) is 6.61 Å². The van der Waals surface area contributed by atoms with Crippen molar-refractivity contribution < 1.29 is 9.90 Å². The topological polar surface area (TPSA) is 40.1 Å². The standard InChI is InChI=1S/C8H10.C2H5O.CH2O/c1-2-8-6-4-3-5-7-8;1-2-3;1-2/h3-7H,2H2,1H3;2H2,1H3;1H2/q;-1;. The molecule has 0 aliphatic rings. The average Bonchev–Trinajstić information content (AvgIpc) is 2.23. The predicted molar refractivity (Wildman–Crippen MR) is 53.5 cm³/mol. The molecule has 0 amide bonds. The molecule has 2 heteroatoms. The fraction of sp³-hybridized carbons (Fsp3) is 0.364. The van der Waals surface area contributed by atoms with Gasteiger partial charge in [-0.05, 0) is 12.0 Å². The Hall–Kier alpha value is -1.15. The SMILES string of the molecule is C=O.CC[O-].CCc1ccccc1. The lowest BCUT2D eigenvalue weighted by atomic mass is 10.2. The summed E-state index contributed by atoms with van der Waals surface area (Å²) in [5.74, 6) is 0. The first-order valence-electron chi connectivity index (χ1n) is 4.26. The van der Waals surface area contributed by atoms with Gasteiger partial charge in [-0.2, -0.15) is 0 Å². The van der Waals surface area contributed by atoms with Gasteiger partial charge < -0.3 is 9.90 Å². The maximum Gasteiger partial charge on any atom is 0.106 e. The summed E-state index contributed by atoms with van der Waals surface area (Å²) in [4.78, 5) is 8.00. The quantitative estimate of drug-likeness (QED) is 0.657. The molecule has 0 unspecified atom stereocenters. The number of hydrogen-bond acceptors (Lipinski definition) is 2. The van der Waals surface area contributed by atoms with Gasteiger partial charge in [0.2, 0.25) is 0 Å². The van der Waals surface area contributed by atoms with Crippen molar-refractivity contribution in [3.8, 4) is 0 Å². The van der Waals surface area contributed by atoms with Crippen molar-refractivity contribution in [3.05, 3.63) is 35.9 Å². The zero-order valence-corrected chi connectivity index (χ0v) is 8.32. The largest absolute Gasteiger partial charge is 0.855 e. The van der Waals surface area contributed by atoms with E-state index in [1.807, 2.05) is 12.9 Å². The van der Waals surface area contributed by atoms with Gasteiger partial charge in [-0.1, -0.05) is 44.2 Å². The summed E-state index contributed by atoms with van der Waals surface area (Å²) in [7, 11) is 0. The van der Waals surface area contributed by atoms with E-state index in [-0.39, 0.29) is 6.61 Å². The van der Waals surface area contributed by atoms with E-state index in [1.54, 1.807) is 6.92 Å². The summed E-state index contributed by atoms with van der Waals surface area (Å²) < 4.78 is 0. The smallest absolute Gasteiger partial charge is 0.106 e. The summed E-state index contributed by atoms with van der Waals surface area (Å²) in [6.07, 6.45) is 1.14. The Morgan fingerprint density at radius 3 is 1.77 bits per heavy atom. The van der Waals surface area contributed by atoms with Crippen LogP contribution in [0.25, 0.3) is 0 Å². The Morgan fingerprint density at radius 2 is 1.54 bits per heavy atom. The van der Waals surface area contributed by atoms with Crippen LogP contribution in [0.5, 0.6) is 0 Å². The van der Waals surface area contributed by atoms with Crippen LogP contribution in [0.3, 0.4) is 0 Å². The number of benzene rings is 1. The third-order valence-electron chi connectivity index (χ3n) is 1.25. The van der Waals surface area contributed by atoms with Crippen LogP contribution in [-0.4, -0.2) is 13.4 Å². The van der Waals surface area contributed by atoms with Gasteiger partial charge >= 0.3 is 0 Å². The molecule has 1 aromatic carbocycles. The summed E-state index contributed by atoms with van der Waals surface area (Å²) in [5.41, 5.74) is 1.41. The van der Waals surface area contributed by atoms with E-state index in [4.69, 9.17) is 9.90 Å². The molecule has 0 atom stereocenters. The van der Waals surface area contributed by atoms with Crippen molar-refractivity contribution in [1.82, 2.24) is 0 Å². The molecule has 0 radical (unpaired) electrons. The summed E-state index contributed by atoms with van der Waals surface area (Å²) in [6, 6.07) is 10.5. The number of carbonyl (C=O) groups is 1. The van der Waals surface area contributed by atoms with Crippen LogP contribution in [0.2, 0.25) is 0 Å². The van der Waals surface area contributed by atoms with Crippen LogP contribution in [0.1, 0.15) is 19.4 Å². The van der Waals surface area contributed by atoms with Crippen LogP contribution in [0, 0.1) is 0 Å². The van der Waals surface area contributed by atoms with Gasteiger partial charge in [0.1, 0.15) is 6.79 Å². The summed E-state index contributed by atoms with van der Waals surface area (Å²) >= 11 is 0. The minimum absolute atomic E-state index is 0. The van der Waals surface area contributed by atoms with Crippen LogP contribution in [-0.2, 0) is 11.2 Å². The summed E-state index contributed by atoms with van der Waals surface area (Å²) in [6.45, 7) is 5.73. The monoisotopic (exact) mass is 181 g/mol. The van der Waals surface area contributed by atoms with Gasteiger partial charge in [-0.15, -0.1) is 6.61 Å². The van der Waals surface area contributed by atoms with Gasteiger partial charge in [0.15, 0.2) is 0 Å². The third kappa shape index (κ3) is 10.8. The van der Waals surface area contributed by atoms with E-state index in [0.717, 1.165) is 6.42 Å². The zero-order chi connectivity index (χ0) is 10.5. The molecule has 0 N–H and O–H groups in total. The first-order chi connectivity index (χ1) is 6.35. The van der Waals surface area contributed by atoms with Crippen LogP contribution in [0.15, 0.2) is 30.3 Å². The van der Waals surface area contributed by atoms with Crippen molar-refractivity contribution in [1.29, 1.82) is 0 Å². The van der Waals surface area contributed by atoms with Crippen molar-refractivity contribution in [2.24, 2.45) is 0 Å². The molecule has 0 spiro atoms. The lowest BCUT2D eigenvalue weighted by Gasteiger charge is -1.89. The first-order valence-corrected chi connectivity index (χ1v) is 4.26. The highest BCUT2D eigenvalue weighted by molar-refractivity contribution is 5.13. The van der Waals surface area contributed by atoms with Crippen molar-refractivity contribution in [3.63, 3.8) is 0 Å². The Kier molecular flexibility index (Phi) is 14.9. The second-order valence-corrected chi connectivity index (χ2v) is 2.13. The van der Waals surface area contributed by atoms with Crippen LogP contribution >= 0.6 is 0 Å². The normalized spacial score (nSPS) is 7.31. The molecule has 0 saturated carbocycles.